The second-order valence-electron chi connectivity index (χ2n) is 4.30. The molecular formula is C15H11Cl3O. The van der Waals surface area contributed by atoms with Gasteiger partial charge in [-0.3, -0.25) is 4.79 Å². The first-order chi connectivity index (χ1) is 9.02. The molecule has 4 heteroatoms. The maximum Gasteiger partial charge on any atom is 0.141 e. The van der Waals surface area contributed by atoms with Gasteiger partial charge in [-0.1, -0.05) is 46.9 Å². The summed E-state index contributed by atoms with van der Waals surface area (Å²) >= 11 is 17.6. The van der Waals surface area contributed by atoms with E-state index in [4.69, 9.17) is 34.8 Å². The largest absolute Gasteiger partial charge is 0.299 e. The number of hydrogen-bond donors (Lipinski definition) is 0. The second-order valence-corrected chi connectivity index (χ2v) is 5.61. The molecule has 0 atom stereocenters. The van der Waals surface area contributed by atoms with E-state index in [1.54, 1.807) is 30.3 Å². The number of carbonyl (C=O) groups is 1. The quantitative estimate of drug-likeness (QED) is 0.776. The maximum atomic E-state index is 12.0. The first-order valence-electron chi connectivity index (χ1n) is 5.74. The van der Waals surface area contributed by atoms with Gasteiger partial charge in [0.25, 0.3) is 0 Å². The van der Waals surface area contributed by atoms with Gasteiger partial charge in [0, 0.05) is 27.9 Å². The maximum absolute atomic E-state index is 12.0. The molecule has 2 aromatic carbocycles. The third kappa shape index (κ3) is 4.54. The van der Waals surface area contributed by atoms with E-state index in [1.807, 2.05) is 12.1 Å². The summed E-state index contributed by atoms with van der Waals surface area (Å²) in [4.78, 5) is 12.0. The molecule has 0 spiro atoms. The molecule has 0 aliphatic carbocycles. The minimum absolute atomic E-state index is 0.112. The first-order valence-corrected chi connectivity index (χ1v) is 6.87. The van der Waals surface area contributed by atoms with Crippen molar-refractivity contribution in [3.8, 4) is 0 Å². The van der Waals surface area contributed by atoms with Crippen molar-refractivity contribution in [1.82, 2.24) is 0 Å². The molecule has 0 saturated heterocycles. The summed E-state index contributed by atoms with van der Waals surface area (Å²) in [6, 6.07) is 12.4. The first kappa shape index (κ1) is 14.4. The van der Waals surface area contributed by atoms with E-state index < -0.39 is 0 Å². The Labute approximate surface area is 127 Å². The molecule has 2 rings (SSSR count). The van der Waals surface area contributed by atoms with Gasteiger partial charge in [0.2, 0.25) is 0 Å². The van der Waals surface area contributed by atoms with Crippen LogP contribution >= 0.6 is 34.8 Å². The van der Waals surface area contributed by atoms with Crippen LogP contribution in [0.3, 0.4) is 0 Å². The van der Waals surface area contributed by atoms with Crippen LogP contribution in [0.2, 0.25) is 15.1 Å². The number of rotatable bonds is 4. The highest BCUT2D eigenvalue weighted by molar-refractivity contribution is 6.34. The monoisotopic (exact) mass is 312 g/mol. The van der Waals surface area contributed by atoms with Crippen LogP contribution in [0.4, 0.5) is 0 Å². The molecule has 19 heavy (non-hydrogen) atoms. The minimum Gasteiger partial charge on any atom is -0.299 e. The highest BCUT2D eigenvalue weighted by atomic mass is 35.5. The third-order valence-electron chi connectivity index (χ3n) is 2.64. The van der Waals surface area contributed by atoms with Crippen molar-refractivity contribution >= 4 is 40.6 Å². The molecule has 0 amide bonds. The van der Waals surface area contributed by atoms with E-state index >= 15 is 0 Å². The fourth-order valence-electron chi connectivity index (χ4n) is 1.83. The SMILES string of the molecule is O=C(Cc1ccc(Cl)cc1)Cc1cc(Cl)cc(Cl)c1. The van der Waals surface area contributed by atoms with E-state index in [1.165, 1.54) is 0 Å². The molecular weight excluding hydrogens is 303 g/mol. The molecule has 1 nitrogen and oxygen atoms in total. The van der Waals surface area contributed by atoms with Gasteiger partial charge in [0.1, 0.15) is 5.78 Å². The van der Waals surface area contributed by atoms with Crippen LogP contribution in [0.15, 0.2) is 42.5 Å². The Kier molecular flexibility index (Phi) is 4.87. The molecule has 0 bridgehead atoms. The van der Waals surface area contributed by atoms with E-state index in [-0.39, 0.29) is 5.78 Å². The highest BCUT2D eigenvalue weighted by Gasteiger charge is 2.07. The third-order valence-corrected chi connectivity index (χ3v) is 3.33. The zero-order chi connectivity index (χ0) is 13.8. The van der Waals surface area contributed by atoms with Gasteiger partial charge in [0.15, 0.2) is 0 Å². The summed E-state index contributed by atoms with van der Waals surface area (Å²) in [6.45, 7) is 0. The summed E-state index contributed by atoms with van der Waals surface area (Å²) in [5, 5.41) is 1.75. The number of Topliss-reactive ketones (excluding diaryl/α,β-unsaturated/α-hetero) is 1. The molecule has 0 aromatic heterocycles. The normalized spacial score (nSPS) is 10.5. The number of ketones is 1. The van der Waals surface area contributed by atoms with Gasteiger partial charge in [-0.2, -0.15) is 0 Å². The van der Waals surface area contributed by atoms with Crippen molar-refractivity contribution in [2.24, 2.45) is 0 Å². The minimum atomic E-state index is 0.112. The lowest BCUT2D eigenvalue weighted by molar-refractivity contribution is -0.117. The van der Waals surface area contributed by atoms with Crippen molar-refractivity contribution in [2.75, 3.05) is 0 Å². The predicted octanol–water partition coefficient (Wildman–Crippen LogP) is 5.00. The Morgan fingerprint density at radius 2 is 1.26 bits per heavy atom. The van der Waals surface area contributed by atoms with Crippen molar-refractivity contribution in [2.45, 2.75) is 12.8 Å². The summed E-state index contributed by atoms with van der Waals surface area (Å²) in [5.74, 6) is 0.112. The number of benzene rings is 2. The van der Waals surface area contributed by atoms with E-state index in [9.17, 15) is 4.79 Å². The average molecular weight is 314 g/mol. The number of halogens is 3. The van der Waals surface area contributed by atoms with Crippen LogP contribution in [-0.4, -0.2) is 5.78 Å². The van der Waals surface area contributed by atoms with Crippen LogP contribution < -0.4 is 0 Å². The van der Waals surface area contributed by atoms with E-state index in [0.29, 0.717) is 27.9 Å². The summed E-state index contributed by atoms with van der Waals surface area (Å²) in [5.41, 5.74) is 1.78. The Morgan fingerprint density at radius 1 is 0.737 bits per heavy atom. The molecule has 0 aliphatic heterocycles. The van der Waals surface area contributed by atoms with E-state index in [0.717, 1.165) is 11.1 Å². The van der Waals surface area contributed by atoms with Crippen molar-refractivity contribution < 1.29 is 4.79 Å². The van der Waals surface area contributed by atoms with Crippen LogP contribution in [-0.2, 0) is 17.6 Å². The van der Waals surface area contributed by atoms with Gasteiger partial charge in [-0.05, 0) is 41.5 Å². The van der Waals surface area contributed by atoms with Gasteiger partial charge in [-0.25, -0.2) is 0 Å². The Balaban J connectivity index is 2.03. The average Bonchev–Trinajstić information content (AvgIpc) is 2.30. The Bertz CT molecular complexity index is 571. The second kappa shape index (κ2) is 6.42. The topological polar surface area (TPSA) is 17.1 Å². The molecule has 0 aliphatic rings. The van der Waals surface area contributed by atoms with Gasteiger partial charge in [0.05, 0.1) is 0 Å². The molecule has 0 radical (unpaired) electrons. The predicted molar refractivity (Wildman–Crippen MR) is 80.3 cm³/mol. The standard InChI is InChI=1S/C15H11Cl3O/c16-12-3-1-10(2-4-12)7-15(19)8-11-5-13(17)9-14(18)6-11/h1-6,9H,7-8H2. The molecule has 0 N–H and O–H groups in total. The molecule has 0 heterocycles. The Morgan fingerprint density at radius 3 is 1.84 bits per heavy atom. The van der Waals surface area contributed by atoms with Crippen LogP contribution in [0, 0.1) is 0 Å². The molecule has 0 fully saturated rings. The van der Waals surface area contributed by atoms with Gasteiger partial charge in [-0.15, -0.1) is 0 Å². The van der Waals surface area contributed by atoms with Crippen molar-refractivity contribution in [3.63, 3.8) is 0 Å². The van der Waals surface area contributed by atoms with Crippen LogP contribution in [0.1, 0.15) is 11.1 Å². The van der Waals surface area contributed by atoms with Crippen LogP contribution in [0.25, 0.3) is 0 Å². The zero-order valence-electron chi connectivity index (χ0n) is 10.00. The molecule has 0 unspecified atom stereocenters. The molecule has 2 aromatic rings. The number of hydrogen-bond acceptors (Lipinski definition) is 1. The lowest BCUT2D eigenvalue weighted by atomic mass is 10.0. The lowest BCUT2D eigenvalue weighted by Crippen LogP contribution is -2.06. The summed E-state index contributed by atoms with van der Waals surface area (Å²) in [7, 11) is 0. The zero-order valence-corrected chi connectivity index (χ0v) is 12.3. The molecule has 0 saturated carbocycles. The van der Waals surface area contributed by atoms with Gasteiger partial charge < -0.3 is 0 Å². The van der Waals surface area contributed by atoms with Crippen molar-refractivity contribution in [3.05, 3.63) is 68.7 Å². The number of carbonyl (C=O) groups excluding carboxylic acids is 1. The smallest absolute Gasteiger partial charge is 0.141 e. The fourth-order valence-corrected chi connectivity index (χ4v) is 2.53. The summed E-state index contributed by atoms with van der Waals surface area (Å²) < 4.78 is 0. The fraction of sp³-hybridized carbons (Fsp3) is 0.133. The lowest BCUT2D eigenvalue weighted by Gasteiger charge is -2.04. The highest BCUT2D eigenvalue weighted by Crippen LogP contribution is 2.20. The van der Waals surface area contributed by atoms with Crippen LogP contribution in [0.5, 0.6) is 0 Å². The van der Waals surface area contributed by atoms with Gasteiger partial charge >= 0.3 is 0 Å². The van der Waals surface area contributed by atoms with Crippen molar-refractivity contribution in [1.29, 1.82) is 0 Å². The Hall–Kier alpha value is -1.02. The van der Waals surface area contributed by atoms with E-state index in [2.05, 4.69) is 0 Å². The summed E-state index contributed by atoms with van der Waals surface area (Å²) in [6.07, 6.45) is 0.699. The molecule has 98 valence electrons.